The maximum absolute atomic E-state index is 4.12. The van der Waals surface area contributed by atoms with Gasteiger partial charge in [-0.15, -0.1) is 0 Å². The SMILES string of the molecule is C=CC[P+](CCCC)(CCCC)CCCCCCCCCCCCCCCCCCC. The number of allylic oxidation sites excluding steroid dienone is 1. The summed E-state index contributed by atoms with van der Waals surface area (Å²) >= 11 is 0. The second-order valence-corrected chi connectivity index (χ2v) is 14.7. The van der Waals surface area contributed by atoms with Crippen molar-refractivity contribution in [3.63, 3.8) is 0 Å². The van der Waals surface area contributed by atoms with E-state index in [1.807, 2.05) is 0 Å². The highest BCUT2D eigenvalue weighted by Crippen LogP contribution is 2.60. The second-order valence-electron chi connectivity index (χ2n) is 10.3. The van der Waals surface area contributed by atoms with Crippen LogP contribution in [-0.2, 0) is 0 Å². The molecule has 0 spiro atoms. The molecule has 0 aromatic heterocycles. The minimum absolute atomic E-state index is 0.737. The van der Waals surface area contributed by atoms with E-state index < -0.39 is 7.26 Å². The number of hydrogen-bond donors (Lipinski definition) is 0. The fraction of sp³-hybridized carbons (Fsp3) is 0.933. The Balaban J connectivity index is 3.59. The summed E-state index contributed by atoms with van der Waals surface area (Å²) in [5, 5.41) is 0. The van der Waals surface area contributed by atoms with Crippen LogP contribution in [0.4, 0.5) is 0 Å². The zero-order chi connectivity index (χ0) is 22.9. The van der Waals surface area contributed by atoms with E-state index in [9.17, 15) is 0 Å². The van der Waals surface area contributed by atoms with Gasteiger partial charge in [0.2, 0.25) is 0 Å². The molecule has 0 fully saturated rings. The Morgan fingerprint density at radius 3 is 1.03 bits per heavy atom. The molecule has 0 aromatic rings. The fourth-order valence-electron chi connectivity index (χ4n) is 5.04. The van der Waals surface area contributed by atoms with Crippen molar-refractivity contribution >= 4 is 7.26 Å². The van der Waals surface area contributed by atoms with E-state index in [-0.39, 0.29) is 0 Å². The van der Waals surface area contributed by atoms with Crippen molar-refractivity contribution in [2.75, 3.05) is 24.6 Å². The third-order valence-electron chi connectivity index (χ3n) is 7.22. The normalized spacial score (nSPS) is 11.8. The Bertz CT molecular complexity index is 340. The van der Waals surface area contributed by atoms with Crippen LogP contribution >= 0.6 is 7.26 Å². The molecule has 0 nitrogen and oxygen atoms in total. The second kappa shape index (κ2) is 24.8. The first kappa shape index (κ1) is 31.2. The molecule has 0 heterocycles. The first-order chi connectivity index (χ1) is 15.2. The van der Waals surface area contributed by atoms with Gasteiger partial charge in [0.15, 0.2) is 0 Å². The summed E-state index contributed by atoms with van der Waals surface area (Å²) in [6.45, 7) is 11.1. The highest BCUT2D eigenvalue weighted by atomic mass is 31.2. The van der Waals surface area contributed by atoms with Gasteiger partial charge in [-0.05, 0) is 25.7 Å². The van der Waals surface area contributed by atoms with Gasteiger partial charge in [-0.2, -0.15) is 0 Å². The minimum atomic E-state index is -0.737. The number of rotatable bonds is 26. The first-order valence-electron chi connectivity index (χ1n) is 14.7. The summed E-state index contributed by atoms with van der Waals surface area (Å²) in [5.74, 6) is 0. The van der Waals surface area contributed by atoms with Crippen molar-refractivity contribution in [2.24, 2.45) is 0 Å². The Morgan fingerprint density at radius 1 is 0.419 bits per heavy atom. The van der Waals surface area contributed by atoms with Gasteiger partial charge in [0.25, 0.3) is 0 Å². The average molecular weight is 454 g/mol. The third-order valence-corrected chi connectivity index (χ3v) is 12.1. The van der Waals surface area contributed by atoms with Crippen LogP contribution in [0.1, 0.15) is 156 Å². The Morgan fingerprint density at radius 2 is 0.710 bits per heavy atom. The molecular weight excluding hydrogens is 391 g/mol. The van der Waals surface area contributed by atoms with Crippen LogP contribution in [0, 0.1) is 0 Å². The van der Waals surface area contributed by atoms with E-state index in [1.54, 1.807) is 6.16 Å². The van der Waals surface area contributed by atoms with E-state index >= 15 is 0 Å². The molecule has 186 valence electrons. The summed E-state index contributed by atoms with van der Waals surface area (Å²) < 4.78 is 0. The molecule has 0 saturated heterocycles. The topological polar surface area (TPSA) is 0 Å². The molecule has 0 amide bonds. The number of unbranched alkanes of at least 4 members (excludes halogenated alkanes) is 18. The molecule has 0 rings (SSSR count). The molecular formula is C30H62P+. The summed E-state index contributed by atoms with van der Waals surface area (Å²) in [6.07, 6.45) is 38.9. The van der Waals surface area contributed by atoms with Crippen molar-refractivity contribution in [1.29, 1.82) is 0 Å². The first-order valence-corrected chi connectivity index (χ1v) is 17.2. The van der Waals surface area contributed by atoms with Gasteiger partial charge in [-0.25, -0.2) is 0 Å². The van der Waals surface area contributed by atoms with Crippen LogP contribution in [0.3, 0.4) is 0 Å². The predicted octanol–water partition coefficient (Wildman–Crippen LogP) is 11.4. The average Bonchev–Trinajstić information content (AvgIpc) is 2.78. The molecule has 0 unspecified atom stereocenters. The Kier molecular flexibility index (Phi) is 24.9. The molecule has 0 aliphatic heterocycles. The lowest BCUT2D eigenvalue weighted by molar-refractivity contribution is 0.529. The van der Waals surface area contributed by atoms with Crippen LogP contribution in [0.5, 0.6) is 0 Å². The quantitative estimate of drug-likeness (QED) is 0.0693. The minimum Gasteiger partial charge on any atom is -0.0995 e. The van der Waals surface area contributed by atoms with Crippen LogP contribution in [0.15, 0.2) is 12.7 Å². The van der Waals surface area contributed by atoms with Gasteiger partial charge in [0.1, 0.15) is 0 Å². The predicted molar refractivity (Wildman–Crippen MR) is 151 cm³/mol. The fourth-order valence-corrected chi connectivity index (χ4v) is 9.68. The standard InChI is InChI=1S/C30H62P/c1-5-9-12-13-14-15-16-17-18-19-20-21-22-23-24-25-26-30-31(27-8-4,28-10-6-2)29-11-7-3/h8H,4-7,9-30H2,1-3H3/q+1. The highest BCUT2D eigenvalue weighted by Gasteiger charge is 2.33. The molecule has 0 aliphatic carbocycles. The number of hydrogen-bond acceptors (Lipinski definition) is 0. The molecule has 0 radical (unpaired) electrons. The molecule has 1 heteroatoms. The van der Waals surface area contributed by atoms with E-state index in [2.05, 4.69) is 33.4 Å². The zero-order valence-corrected chi connectivity index (χ0v) is 23.3. The van der Waals surface area contributed by atoms with Crippen LogP contribution < -0.4 is 0 Å². The van der Waals surface area contributed by atoms with Gasteiger partial charge in [-0.3, -0.25) is 0 Å². The highest BCUT2D eigenvalue weighted by molar-refractivity contribution is 7.76. The van der Waals surface area contributed by atoms with Crippen molar-refractivity contribution in [3.8, 4) is 0 Å². The van der Waals surface area contributed by atoms with E-state index in [0.29, 0.717) is 0 Å². The van der Waals surface area contributed by atoms with Crippen molar-refractivity contribution in [1.82, 2.24) is 0 Å². The van der Waals surface area contributed by atoms with E-state index in [0.717, 1.165) is 0 Å². The van der Waals surface area contributed by atoms with Crippen molar-refractivity contribution in [2.45, 2.75) is 156 Å². The maximum Gasteiger partial charge on any atom is 0.0771 e. The van der Waals surface area contributed by atoms with Gasteiger partial charge in [0, 0.05) is 7.26 Å². The van der Waals surface area contributed by atoms with Gasteiger partial charge >= 0.3 is 0 Å². The Labute approximate surface area is 200 Å². The summed E-state index contributed by atoms with van der Waals surface area (Å²) in [7, 11) is -0.737. The molecule has 31 heavy (non-hydrogen) atoms. The van der Waals surface area contributed by atoms with Crippen molar-refractivity contribution < 1.29 is 0 Å². The third kappa shape index (κ3) is 20.5. The summed E-state index contributed by atoms with van der Waals surface area (Å²) in [5.41, 5.74) is 0. The van der Waals surface area contributed by atoms with E-state index in [1.165, 1.54) is 153 Å². The lowest BCUT2D eigenvalue weighted by Crippen LogP contribution is -2.11. The van der Waals surface area contributed by atoms with Crippen molar-refractivity contribution in [3.05, 3.63) is 12.7 Å². The zero-order valence-electron chi connectivity index (χ0n) is 22.4. The lowest BCUT2D eigenvalue weighted by Gasteiger charge is -2.27. The molecule has 0 N–H and O–H groups in total. The van der Waals surface area contributed by atoms with Gasteiger partial charge in [0.05, 0.1) is 24.6 Å². The Hall–Kier alpha value is 0.170. The molecule has 0 aromatic carbocycles. The monoisotopic (exact) mass is 453 g/mol. The van der Waals surface area contributed by atoms with Gasteiger partial charge in [-0.1, -0.05) is 143 Å². The lowest BCUT2D eigenvalue weighted by atomic mass is 10.0. The van der Waals surface area contributed by atoms with Crippen LogP contribution in [0.2, 0.25) is 0 Å². The molecule has 0 bridgehead atoms. The summed E-state index contributed by atoms with van der Waals surface area (Å²) in [6, 6.07) is 0. The van der Waals surface area contributed by atoms with Crippen LogP contribution in [-0.4, -0.2) is 24.6 Å². The smallest absolute Gasteiger partial charge is 0.0771 e. The van der Waals surface area contributed by atoms with Crippen LogP contribution in [0.25, 0.3) is 0 Å². The van der Waals surface area contributed by atoms with E-state index in [4.69, 9.17) is 0 Å². The largest absolute Gasteiger partial charge is 0.0995 e. The molecule has 0 atom stereocenters. The molecule has 0 aliphatic rings. The summed E-state index contributed by atoms with van der Waals surface area (Å²) in [4.78, 5) is 0. The molecule has 0 saturated carbocycles. The maximum atomic E-state index is 4.12. The van der Waals surface area contributed by atoms with Gasteiger partial charge < -0.3 is 0 Å².